The maximum atomic E-state index is 12.4. The molecular weight excluding hydrogens is 486 g/mol. The lowest BCUT2D eigenvalue weighted by Crippen LogP contribution is -2.41. The van der Waals surface area contributed by atoms with E-state index in [1.54, 1.807) is 0 Å². The Morgan fingerprint density at radius 3 is 1.16 bits per heavy atom. The molecule has 0 saturated carbocycles. The van der Waals surface area contributed by atoms with Crippen molar-refractivity contribution in [2.24, 2.45) is 22.9 Å². The van der Waals surface area contributed by atoms with Crippen molar-refractivity contribution in [3.05, 3.63) is 0 Å². The van der Waals surface area contributed by atoms with Gasteiger partial charge in [0, 0.05) is 32.6 Å². The summed E-state index contributed by atoms with van der Waals surface area (Å²) in [4.78, 5) is 43.1. The standard InChI is InChI=1S/C26H57N9O3/c1-2-24(36)21-33(19-7-13-31-25(37)22-34(15-3-9-27)16-4-10-28)20-8-14-32-26(38)23-35(17-5-11-29)18-6-12-30/h2-23,27-30H2,1H3,(H,31,37)(H,32,38). The molecule has 0 aliphatic heterocycles. The topological polar surface area (TPSA) is 189 Å². The maximum absolute atomic E-state index is 12.4. The van der Waals surface area contributed by atoms with E-state index in [9.17, 15) is 14.4 Å². The van der Waals surface area contributed by atoms with Crippen LogP contribution in [0.15, 0.2) is 0 Å². The Bertz CT molecular complexity index is 553. The molecule has 12 heteroatoms. The van der Waals surface area contributed by atoms with Gasteiger partial charge in [0.25, 0.3) is 0 Å². The fraction of sp³-hybridized carbons (Fsp3) is 0.885. The Morgan fingerprint density at radius 2 is 0.842 bits per heavy atom. The Hall–Kier alpha value is -1.67. The molecular formula is C26H57N9O3. The number of nitrogens with two attached hydrogens (primary N) is 4. The Kier molecular flexibility index (Phi) is 24.5. The lowest BCUT2D eigenvalue weighted by atomic mass is 10.2. The molecule has 0 spiro atoms. The number of rotatable bonds is 27. The van der Waals surface area contributed by atoms with Crippen molar-refractivity contribution in [3.8, 4) is 0 Å². The van der Waals surface area contributed by atoms with Gasteiger partial charge in [0.2, 0.25) is 11.8 Å². The third-order valence-corrected chi connectivity index (χ3v) is 6.19. The van der Waals surface area contributed by atoms with Crippen molar-refractivity contribution in [1.29, 1.82) is 0 Å². The molecule has 10 N–H and O–H groups in total. The Balaban J connectivity index is 4.42. The molecule has 0 aliphatic carbocycles. The number of ketones is 1. The van der Waals surface area contributed by atoms with Crippen LogP contribution in [0.1, 0.15) is 51.9 Å². The van der Waals surface area contributed by atoms with E-state index in [2.05, 4.69) is 25.3 Å². The van der Waals surface area contributed by atoms with Crippen molar-refractivity contribution in [1.82, 2.24) is 25.3 Å². The van der Waals surface area contributed by atoms with Gasteiger partial charge < -0.3 is 33.6 Å². The van der Waals surface area contributed by atoms with Crippen LogP contribution < -0.4 is 33.6 Å². The Labute approximate surface area is 230 Å². The van der Waals surface area contributed by atoms with Crippen LogP contribution in [-0.4, -0.2) is 130 Å². The summed E-state index contributed by atoms with van der Waals surface area (Å²) in [5.74, 6) is 0.166. The van der Waals surface area contributed by atoms with E-state index in [4.69, 9.17) is 22.9 Å². The second-order valence-corrected chi connectivity index (χ2v) is 9.70. The minimum Gasteiger partial charge on any atom is -0.355 e. The van der Waals surface area contributed by atoms with E-state index in [1.165, 1.54) is 0 Å². The molecule has 0 radical (unpaired) electrons. The number of amides is 2. The summed E-state index contributed by atoms with van der Waals surface area (Å²) < 4.78 is 0. The van der Waals surface area contributed by atoms with Crippen LogP contribution in [0.3, 0.4) is 0 Å². The molecule has 0 fully saturated rings. The Morgan fingerprint density at radius 1 is 0.526 bits per heavy atom. The third-order valence-electron chi connectivity index (χ3n) is 6.19. The van der Waals surface area contributed by atoms with Gasteiger partial charge in [-0.05, 0) is 90.9 Å². The number of carbonyl (C=O) groups is 3. The smallest absolute Gasteiger partial charge is 0.234 e. The first-order valence-corrected chi connectivity index (χ1v) is 14.4. The van der Waals surface area contributed by atoms with Gasteiger partial charge in [-0.3, -0.25) is 29.1 Å². The van der Waals surface area contributed by atoms with E-state index >= 15 is 0 Å². The van der Waals surface area contributed by atoms with Gasteiger partial charge in [-0.1, -0.05) is 6.92 Å². The molecule has 0 aromatic heterocycles. The molecule has 0 aromatic carbocycles. The first kappa shape index (κ1) is 36.3. The fourth-order valence-corrected chi connectivity index (χ4v) is 4.01. The zero-order chi connectivity index (χ0) is 28.4. The van der Waals surface area contributed by atoms with Crippen LogP contribution in [0.25, 0.3) is 0 Å². The summed E-state index contributed by atoms with van der Waals surface area (Å²) >= 11 is 0. The predicted octanol–water partition coefficient (Wildman–Crippen LogP) is -1.72. The highest BCUT2D eigenvalue weighted by atomic mass is 16.2. The first-order valence-electron chi connectivity index (χ1n) is 14.4. The number of hydrogen-bond acceptors (Lipinski definition) is 10. The van der Waals surface area contributed by atoms with Crippen LogP contribution in [0, 0.1) is 0 Å². The summed E-state index contributed by atoms with van der Waals surface area (Å²) in [7, 11) is 0. The van der Waals surface area contributed by atoms with Crippen LogP contribution in [0.5, 0.6) is 0 Å². The minimum absolute atomic E-state index is 0.00934. The highest BCUT2D eigenvalue weighted by Gasteiger charge is 2.13. The SMILES string of the molecule is CCC(=O)CN(CCCNC(=O)CN(CCCN)CCCN)CCCNC(=O)CN(CCCN)CCCN. The van der Waals surface area contributed by atoms with Crippen molar-refractivity contribution in [3.63, 3.8) is 0 Å². The molecule has 38 heavy (non-hydrogen) atoms. The van der Waals surface area contributed by atoms with E-state index in [-0.39, 0.29) is 17.6 Å². The van der Waals surface area contributed by atoms with Crippen LogP contribution in [-0.2, 0) is 14.4 Å². The number of hydrogen-bond donors (Lipinski definition) is 6. The van der Waals surface area contributed by atoms with Crippen LogP contribution in [0.4, 0.5) is 0 Å². The maximum Gasteiger partial charge on any atom is 0.234 e. The van der Waals surface area contributed by atoms with Gasteiger partial charge in [-0.25, -0.2) is 0 Å². The van der Waals surface area contributed by atoms with Gasteiger partial charge in [0.05, 0.1) is 19.6 Å². The average Bonchev–Trinajstić information content (AvgIpc) is 2.91. The minimum atomic E-state index is -0.00934. The second-order valence-electron chi connectivity index (χ2n) is 9.70. The molecule has 224 valence electrons. The highest BCUT2D eigenvalue weighted by Crippen LogP contribution is 1.98. The molecule has 0 bridgehead atoms. The third kappa shape index (κ3) is 21.3. The normalized spacial score (nSPS) is 11.5. The molecule has 0 saturated heterocycles. The lowest BCUT2D eigenvalue weighted by molar-refractivity contribution is -0.123. The van der Waals surface area contributed by atoms with Gasteiger partial charge in [-0.15, -0.1) is 0 Å². The number of nitrogens with one attached hydrogen (secondary N) is 2. The predicted molar refractivity (Wildman–Crippen MR) is 155 cm³/mol. The van der Waals surface area contributed by atoms with E-state index in [0.717, 1.165) is 64.7 Å². The monoisotopic (exact) mass is 543 g/mol. The summed E-state index contributed by atoms with van der Waals surface area (Å²) in [6.45, 7) is 11.0. The molecule has 0 aromatic rings. The largest absolute Gasteiger partial charge is 0.355 e. The molecule has 0 unspecified atom stereocenters. The zero-order valence-corrected chi connectivity index (χ0v) is 23.9. The van der Waals surface area contributed by atoms with E-state index in [0.29, 0.717) is 78.4 Å². The van der Waals surface area contributed by atoms with Crippen molar-refractivity contribution in [2.75, 3.05) is 98.2 Å². The number of Topliss-reactive ketones (excluding diaryl/α,β-unsaturated/α-hetero) is 1. The lowest BCUT2D eigenvalue weighted by Gasteiger charge is -2.23. The van der Waals surface area contributed by atoms with Crippen molar-refractivity contribution < 1.29 is 14.4 Å². The average molecular weight is 544 g/mol. The van der Waals surface area contributed by atoms with E-state index in [1.807, 2.05) is 6.92 Å². The van der Waals surface area contributed by atoms with Crippen molar-refractivity contribution >= 4 is 17.6 Å². The summed E-state index contributed by atoms with van der Waals surface area (Å²) in [6.07, 6.45) is 5.38. The molecule has 2 amide bonds. The first-order chi connectivity index (χ1) is 18.4. The van der Waals surface area contributed by atoms with E-state index < -0.39 is 0 Å². The van der Waals surface area contributed by atoms with Gasteiger partial charge in [-0.2, -0.15) is 0 Å². The quantitative estimate of drug-likeness (QED) is 0.0650. The summed E-state index contributed by atoms with van der Waals surface area (Å²) in [5.41, 5.74) is 22.4. The fourth-order valence-electron chi connectivity index (χ4n) is 4.01. The van der Waals surface area contributed by atoms with Crippen LogP contribution >= 0.6 is 0 Å². The van der Waals surface area contributed by atoms with Crippen LogP contribution in [0.2, 0.25) is 0 Å². The molecule has 0 aliphatic rings. The summed E-state index contributed by atoms with van der Waals surface area (Å²) in [5, 5.41) is 5.97. The molecule has 12 nitrogen and oxygen atoms in total. The number of carbonyl (C=O) groups excluding carboxylic acids is 3. The molecule has 0 atom stereocenters. The number of nitrogens with zero attached hydrogens (tertiary/aromatic N) is 3. The van der Waals surface area contributed by atoms with Gasteiger partial charge in [0.1, 0.15) is 5.78 Å². The molecule has 0 heterocycles. The second kappa shape index (κ2) is 25.6. The molecule has 0 rings (SSSR count). The zero-order valence-electron chi connectivity index (χ0n) is 23.9. The summed E-state index contributed by atoms with van der Waals surface area (Å²) in [6, 6.07) is 0. The van der Waals surface area contributed by atoms with Crippen molar-refractivity contribution in [2.45, 2.75) is 51.9 Å². The van der Waals surface area contributed by atoms with Gasteiger partial charge in [0.15, 0.2) is 0 Å². The van der Waals surface area contributed by atoms with Gasteiger partial charge >= 0.3 is 0 Å². The highest BCUT2D eigenvalue weighted by molar-refractivity contribution is 5.80.